The molecule has 0 aromatic heterocycles. The highest BCUT2D eigenvalue weighted by Gasteiger charge is 2.18. The molecule has 0 atom stereocenters. The van der Waals surface area contributed by atoms with Crippen LogP contribution in [0.4, 0.5) is 5.69 Å². The fourth-order valence-corrected chi connectivity index (χ4v) is 5.60. The minimum absolute atomic E-state index is 0.0169. The molecule has 8 nitrogen and oxygen atoms in total. The van der Waals surface area contributed by atoms with Gasteiger partial charge in [0, 0.05) is 33.3 Å². The van der Waals surface area contributed by atoms with Gasteiger partial charge < -0.3 is 24.8 Å². The molecule has 9 heteroatoms. The summed E-state index contributed by atoms with van der Waals surface area (Å²) in [6.45, 7) is 0. The van der Waals surface area contributed by atoms with Crippen molar-refractivity contribution in [1.82, 2.24) is 5.32 Å². The Bertz CT molecular complexity index is 1910. The Morgan fingerprint density at radius 1 is 0.646 bits per heavy atom. The van der Waals surface area contributed by atoms with Crippen LogP contribution in [0.25, 0.3) is 17.2 Å². The second kappa shape index (κ2) is 16.2. The van der Waals surface area contributed by atoms with Crippen molar-refractivity contribution in [3.63, 3.8) is 0 Å². The van der Waals surface area contributed by atoms with Gasteiger partial charge in [-0.1, -0.05) is 72.8 Å². The third kappa shape index (κ3) is 8.51. The molecule has 5 aromatic carbocycles. The summed E-state index contributed by atoms with van der Waals surface area (Å²) in [6.07, 6.45) is 1.51. The van der Waals surface area contributed by atoms with Crippen molar-refractivity contribution in [3.8, 4) is 28.4 Å². The van der Waals surface area contributed by atoms with E-state index in [2.05, 4.69) is 10.6 Å². The Balaban J connectivity index is 1.29. The summed E-state index contributed by atoms with van der Waals surface area (Å²) in [5, 5.41) is 5.58. The number of hydrogen-bond acceptors (Lipinski definition) is 7. The maximum Gasteiger partial charge on any atom is 0.272 e. The number of carbonyl (C=O) groups excluding carboxylic acids is 3. The molecule has 2 N–H and O–H groups in total. The second-order valence-electron chi connectivity index (χ2n) is 10.5. The van der Waals surface area contributed by atoms with Gasteiger partial charge in [-0.3, -0.25) is 14.4 Å². The van der Waals surface area contributed by atoms with Crippen LogP contribution >= 0.6 is 11.8 Å². The van der Waals surface area contributed by atoms with Gasteiger partial charge in [0.05, 0.1) is 27.1 Å². The number of thioether (sulfide) groups is 1. The molecule has 5 aromatic rings. The molecule has 0 fully saturated rings. The topological polar surface area (TPSA) is 103 Å². The lowest BCUT2D eigenvalue weighted by molar-refractivity contribution is -0.113. The van der Waals surface area contributed by atoms with Gasteiger partial charge in [-0.15, -0.1) is 11.8 Å². The number of benzene rings is 5. The molecule has 0 heterocycles. The van der Waals surface area contributed by atoms with Crippen LogP contribution in [-0.4, -0.2) is 44.7 Å². The van der Waals surface area contributed by atoms with Gasteiger partial charge in [0.25, 0.3) is 11.8 Å². The van der Waals surface area contributed by atoms with E-state index in [1.54, 1.807) is 54.6 Å². The van der Waals surface area contributed by atoms with Crippen LogP contribution in [0, 0.1) is 0 Å². The zero-order chi connectivity index (χ0) is 33.9. The van der Waals surface area contributed by atoms with Crippen molar-refractivity contribution in [2.24, 2.45) is 0 Å². The van der Waals surface area contributed by atoms with E-state index in [0.717, 1.165) is 16.0 Å². The molecule has 0 radical (unpaired) electrons. The first-order valence-electron chi connectivity index (χ1n) is 15.0. The normalized spacial score (nSPS) is 10.9. The summed E-state index contributed by atoms with van der Waals surface area (Å²) in [5.74, 6) is 0.567. The summed E-state index contributed by atoms with van der Waals surface area (Å²) >= 11 is 1.41. The van der Waals surface area contributed by atoms with Gasteiger partial charge in [0.15, 0.2) is 17.3 Å². The Hall–Kier alpha value is -5.80. The Morgan fingerprint density at radius 2 is 1.23 bits per heavy atom. The molecule has 48 heavy (non-hydrogen) atoms. The Morgan fingerprint density at radius 3 is 1.85 bits per heavy atom. The minimum atomic E-state index is -0.550. The Labute approximate surface area is 283 Å². The average Bonchev–Trinajstić information content (AvgIpc) is 3.14. The van der Waals surface area contributed by atoms with E-state index in [4.69, 9.17) is 14.2 Å². The molecule has 0 aliphatic carbocycles. The standard InChI is InChI=1S/C39H34N2O6S/c1-45-35-24-37(47-3)36(46-2)23-30(35)22-33(41-38(43)29-12-8-5-9-13-29)39(44)40-31-18-20-32(21-19-31)48-25-34(42)28-16-14-27(15-17-28)26-10-6-4-7-11-26/h4-24H,25H2,1-3H3,(H,40,44)(H,41,43)/b33-22-. The predicted molar refractivity (Wildman–Crippen MR) is 190 cm³/mol. The van der Waals surface area contributed by atoms with Crippen LogP contribution in [0.15, 0.2) is 132 Å². The van der Waals surface area contributed by atoms with Crippen molar-refractivity contribution in [3.05, 3.63) is 144 Å². The molecule has 0 aliphatic rings. The quantitative estimate of drug-likeness (QED) is 0.0757. The zero-order valence-electron chi connectivity index (χ0n) is 26.7. The number of ketones is 1. The Kier molecular flexibility index (Phi) is 11.3. The van der Waals surface area contributed by atoms with Crippen molar-refractivity contribution in [2.75, 3.05) is 32.4 Å². The van der Waals surface area contributed by atoms with E-state index in [1.165, 1.54) is 39.2 Å². The molecule has 5 rings (SSSR count). The number of ether oxygens (including phenoxy) is 3. The van der Waals surface area contributed by atoms with E-state index in [9.17, 15) is 14.4 Å². The highest BCUT2D eigenvalue weighted by atomic mass is 32.2. The molecule has 2 amide bonds. The maximum absolute atomic E-state index is 13.6. The minimum Gasteiger partial charge on any atom is -0.496 e. The number of hydrogen-bond donors (Lipinski definition) is 2. The number of rotatable bonds is 13. The SMILES string of the molecule is COc1cc(OC)c(OC)cc1/C=C(\NC(=O)c1ccccc1)C(=O)Nc1ccc(SCC(=O)c2ccc(-c3ccccc3)cc2)cc1. The predicted octanol–water partition coefficient (Wildman–Crippen LogP) is 7.76. The van der Waals surface area contributed by atoms with Gasteiger partial charge in [-0.05, 0) is 59.7 Å². The maximum atomic E-state index is 13.6. The summed E-state index contributed by atoms with van der Waals surface area (Å²) < 4.78 is 16.3. The van der Waals surface area contributed by atoms with Crippen LogP contribution in [-0.2, 0) is 4.79 Å². The van der Waals surface area contributed by atoms with E-state index >= 15 is 0 Å². The number of Topliss-reactive ketones (excluding diaryl/α,β-unsaturated/α-hetero) is 1. The molecular weight excluding hydrogens is 625 g/mol. The first-order valence-corrected chi connectivity index (χ1v) is 16.0. The highest BCUT2D eigenvalue weighted by molar-refractivity contribution is 8.00. The molecular formula is C39H34N2O6S. The van der Waals surface area contributed by atoms with Gasteiger partial charge in [0.2, 0.25) is 0 Å². The van der Waals surface area contributed by atoms with Crippen LogP contribution in [0.2, 0.25) is 0 Å². The van der Waals surface area contributed by atoms with E-state index in [0.29, 0.717) is 39.6 Å². The highest BCUT2D eigenvalue weighted by Crippen LogP contribution is 2.35. The van der Waals surface area contributed by atoms with E-state index < -0.39 is 11.8 Å². The fourth-order valence-electron chi connectivity index (χ4n) is 4.81. The van der Waals surface area contributed by atoms with Crippen LogP contribution in [0.5, 0.6) is 17.2 Å². The molecule has 242 valence electrons. The zero-order valence-corrected chi connectivity index (χ0v) is 27.5. The molecule has 0 saturated heterocycles. The summed E-state index contributed by atoms with van der Waals surface area (Å²) in [5.41, 5.74) is 4.16. The monoisotopic (exact) mass is 658 g/mol. The number of anilines is 1. The lowest BCUT2D eigenvalue weighted by atomic mass is 10.0. The second-order valence-corrected chi connectivity index (χ2v) is 11.5. The van der Waals surface area contributed by atoms with Crippen molar-refractivity contribution in [1.29, 1.82) is 0 Å². The smallest absolute Gasteiger partial charge is 0.272 e. The van der Waals surface area contributed by atoms with Gasteiger partial charge >= 0.3 is 0 Å². The number of amides is 2. The summed E-state index contributed by atoms with van der Waals surface area (Å²) in [6, 6.07) is 36.7. The van der Waals surface area contributed by atoms with Crippen molar-refractivity contribution < 1.29 is 28.6 Å². The molecule has 0 unspecified atom stereocenters. The van der Waals surface area contributed by atoms with E-state index in [1.807, 2.05) is 66.7 Å². The first kappa shape index (κ1) is 33.6. The molecule has 0 aliphatic heterocycles. The average molecular weight is 659 g/mol. The van der Waals surface area contributed by atoms with Crippen LogP contribution < -0.4 is 24.8 Å². The summed E-state index contributed by atoms with van der Waals surface area (Å²) in [7, 11) is 4.51. The summed E-state index contributed by atoms with van der Waals surface area (Å²) in [4.78, 5) is 40.4. The number of carbonyl (C=O) groups is 3. The largest absolute Gasteiger partial charge is 0.496 e. The van der Waals surface area contributed by atoms with Gasteiger partial charge in [-0.25, -0.2) is 0 Å². The third-order valence-corrected chi connectivity index (χ3v) is 8.37. The number of methoxy groups -OCH3 is 3. The van der Waals surface area contributed by atoms with Crippen LogP contribution in [0.3, 0.4) is 0 Å². The molecule has 0 saturated carbocycles. The van der Waals surface area contributed by atoms with Gasteiger partial charge in [-0.2, -0.15) is 0 Å². The fraction of sp³-hybridized carbons (Fsp3) is 0.103. The van der Waals surface area contributed by atoms with Crippen molar-refractivity contribution in [2.45, 2.75) is 4.90 Å². The van der Waals surface area contributed by atoms with E-state index in [-0.39, 0.29) is 17.2 Å². The van der Waals surface area contributed by atoms with Crippen LogP contribution in [0.1, 0.15) is 26.3 Å². The lowest BCUT2D eigenvalue weighted by Gasteiger charge is -2.15. The first-order chi connectivity index (χ1) is 23.4. The van der Waals surface area contributed by atoms with Crippen molar-refractivity contribution >= 4 is 41.1 Å². The van der Waals surface area contributed by atoms with Gasteiger partial charge in [0.1, 0.15) is 11.4 Å². The number of nitrogens with one attached hydrogen (secondary N) is 2. The lowest BCUT2D eigenvalue weighted by Crippen LogP contribution is -2.30. The molecule has 0 bridgehead atoms. The third-order valence-electron chi connectivity index (χ3n) is 7.36. The molecule has 0 spiro atoms.